The summed E-state index contributed by atoms with van der Waals surface area (Å²) in [6.45, 7) is 2.90. The normalized spacial score (nSPS) is 13.2. The molecular weight excluding hydrogens is 162 g/mol. The molecule has 80 valence electrons. The molecule has 13 heavy (non-hydrogen) atoms. The topological polar surface area (TPSA) is 35.2 Å². The van der Waals surface area contributed by atoms with Gasteiger partial charge in [0.25, 0.3) is 0 Å². The van der Waals surface area contributed by atoms with Crippen LogP contribution in [0.2, 0.25) is 0 Å². The Balaban J connectivity index is 3.05. The van der Waals surface area contributed by atoms with Crippen LogP contribution in [0.25, 0.3) is 0 Å². The predicted octanol–water partition coefficient (Wildman–Crippen LogP) is 2.71. The first kappa shape index (κ1) is 12.9. The largest absolute Gasteiger partial charge is 0.380 e. The first-order chi connectivity index (χ1) is 6.35. The first-order valence-electron chi connectivity index (χ1n) is 5.58. The van der Waals surface area contributed by atoms with E-state index < -0.39 is 0 Å². The summed E-state index contributed by atoms with van der Waals surface area (Å²) in [5.41, 5.74) is 5.52. The minimum absolute atomic E-state index is 0.283. The summed E-state index contributed by atoms with van der Waals surface area (Å²) in [5.74, 6) is 0. The lowest BCUT2D eigenvalue weighted by Crippen LogP contribution is -2.21. The smallest absolute Gasteiger partial charge is 0.0693 e. The second-order valence-electron chi connectivity index (χ2n) is 3.65. The highest BCUT2D eigenvalue weighted by Gasteiger charge is 2.02. The van der Waals surface area contributed by atoms with Gasteiger partial charge in [-0.15, -0.1) is 0 Å². The lowest BCUT2D eigenvalue weighted by atomic mass is 10.1. The van der Waals surface area contributed by atoms with Crippen molar-refractivity contribution < 1.29 is 4.74 Å². The molecule has 0 fully saturated rings. The lowest BCUT2D eigenvalue weighted by molar-refractivity contribution is 0.0996. The van der Waals surface area contributed by atoms with Crippen LogP contribution in [0.3, 0.4) is 0 Å². The van der Waals surface area contributed by atoms with Crippen LogP contribution >= 0.6 is 0 Å². The maximum Gasteiger partial charge on any atom is 0.0693 e. The Kier molecular flexibility index (Phi) is 9.94. The molecule has 2 N–H and O–H groups in total. The Morgan fingerprint density at radius 1 is 1.08 bits per heavy atom. The fraction of sp³-hybridized carbons (Fsp3) is 1.00. The Hall–Kier alpha value is -0.0800. The molecule has 0 amide bonds. The molecule has 0 aliphatic carbocycles. The Bertz CT molecular complexity index is 92.1. The SMILES string of the molecule is CCCCCCCCC(CN)OC. The Morgan fingerprint density at radius 2 is 1.69 bits per heavy atom. The number of hydrogen-bond acceptors (Lipinski definition) is 2. The molecule has 0 aromatic heterocycles. The average Bonchev–Trinajstić information content (AvgIpc) is 2.17. The van der Waals surface area contributed by atoms with Crippen molar-refractivity contribution in [1.29, 1.82) is 0 Å². The Labute approximate surface area is 82.8 Å². The van der Waals surface area contributed by atoms with Gasteiger partial charge in [0.2, 0.25) is 0 Å². The van der Waals surface area contributed by atoms with Crippen LogP contribution in [0.5, 0.6) is 0 Å². The maximum atomic E-state index is 5.52. The van der Waals surface area contributed by atoms with Crippen LogP contribution in [-0.2, 0) is 4.74 Å². The van der Waals surface area contributed by atoms with E-state index in [-0.39, 0.29) is 6.10 Å². The monoisotopic (exact) mass is 187 g/mol. The number of unbranched alkanes of at least 4 members (excludes halogenated alkanes) is 5. The molecule has 0 aromatic rings. The van der Waals surface area contributed by atoms with Crippen LogP contribution in [0.15, 0.2) is 0 Å². The molecule has 0 spiro atoms. The van der Waals surface area contributed by atoms with Crippen molar-refractivity contribution in [3.8, 4) is 0 Å². The van der Waals surface area contributed by atoms with Gasteiger partial charge in [0, 0.05) is 13.7 Å². The number of nitrogens with two attached hydrogens (primary N) is 1. The summed E-state index contributed by atoms with van der Waals surface area (Å²) in [4.78, 5) is 0. The fourth-order valence-corrected chi connectivity index (χ4v) is 1.48. The van der Waals surface area contributed by atoms with E-state index in [0.717, 1.165) is 6.42 Å². The number of rotatable bonds is 9. The number of methoxy groups -OCH3 is 1. The third kappa shape index (κ3) is 8.26. The zero-order valence-corrected chi connectivity index (χ0v) is 9.22. The lowest BCUT2D eigenvalue weighted by Gasteiger charge is -2.11. The molecule has 0 aliphatic rings. The van der Waals surface area contributed by atoms with Crippen LogP contribution in [0, 0.1) is 0 Å². The highest BCUT2D eigenvalue weighted by atomic mass is 16.5. The number of ether oxygens (including phenoxy) is 1. The highest BCUT2D eigenvalue weighted by Crippen LogP contribution is 2.09. The van der Waals surface area contributed by atoms with Crippen LogP contribution in [0.1, 0.15) is 51.9 Å². The molecule has 0 rings (SSSR count). The summed E-state index contributed by atoms with van der Waals surface area (Å²) in [7, 11) is 1.74. The molecule has 0 radical (unpaired) electrons. The van der Waals surface area contributed by atoms with Gasteiger partial charge in [-0.2, -0.15) is 0 Å². The van der Waals surface area contributed by atoms with Crippen molar-refractivity contribution in [2.45, 2.75) is 58.0 Å². The van der Waals surface area contributed by atoms with Crippen LogP contribution in [-0.4, -0.2) is 19.8 Å². The molecule has 0 saturated heterocycles. The predicted molar refractivity (Wildman–Crippen MR) is 57.8 cm³/mol. The second kappa shape index (κ2) is 10.0. The summed E-state index contributed by atoms with van der Waals surface area (Å²) >= 11 is 0. The Morgan fingerprint density at radius 3 is 2.23 bits per heavy atom. The van der Waals surface area contributed by atoms with E-state index in [1.165, 1.54) is 38.5 Å². The van der Waals surface area contributed by atoms with Crippen LogP contribution in [0.4, 0.5) is 0 Å². The van der Waals surface area contributed by atoms with Gasteiger partial charge in [0.05, 0.1) is 6.10 Å². The second-order valence-corrected chi connectivity index (χ2v) is 3.65. The standard InChI is InChI=1S/C11H25NO/c1-3-4-5-6-7-8-9-11(10-12)13-2/h11H,3-10,12H2,1-2H3. The number of hydrogen-bond donors (Lipinski definition) is 1. The van der Waals surface area contributed by atoms with E-state index in [2.05, 4.69) is 6.92 Å². The third-order valence-electron chi connectivity index (χ3n) is 2.48. The molecule has 0 heterocycles. The molecule has 1 atom stereocenters. The summed E-state index contributed by atoms with van der Waals surface area (Å²) < 4.78 is 5.20. The minimum Gasteiger partial charge on any atom is -0.380 e. The van der Waals surface area contributed by atoms with Crippen molar-refractivity contribution in [3.63, 3.8) is 0 Å². The quantitative estimate of drug-likeness (QED) is 0.563. The van der Waals surface area contributed by atoms with E-state index in [1.807, 2.05) is 0 Å². The van der Waals surface area contributed by atoms with E-state index in [4.69, 9.17) is 10.5 Å². The van der Waals surface area contributed by atoms with E-state index >= 15 is 0 Å². The molecular formula is C11H25NO. The molecule has 2 heteroatoms. The van der Waals surface area contributed by atoms with Gasteiger partial charge in [-0.25, -0.2) is 0 Å². The molecule has 2 nitrogen and oxygen atoms in total. The van der Waals surface area contributed by atoms with Crippen molar-refractivity contribution in [2.75, 3.05) is 13.7 Å². The van der Waals surface area contributed by atoms with E-state index in [1.54, 1.807) is 7.11 Å². The zero-order valence-electron chi connectivity index (χ0n) is 9.22. The van der Waals surface area contributed by atoms with Crippen LogP contribution < -0.4 is 5.73 Å². The fourth-order valence-electron chi connectivity index (χ4n) is 1.48. The van der Waals surface area contributed by atoms with Gasteiger partial charge >= 0.3 is 0 Å². The molecule has 0 saturated carbocycles. The van der Waals surface area contributed by atoms with Gasteiger partial charge in [-0.05, 0) is 6.42 Å². The summed E-state index contributed by atoms with van der Waals surface area (Å²) in [6, 6.07) is 0. The van der Waals surface area contributed by atoms with Gasteiger partial charge < -0.3 is 10.5 Å². The highest BCUT2D eigenvalue weighted by molar-refractivity contribution is 4.57. The average molecular weight is 187 g/mol. The van der Waals surface area contributed by atoms with E-state index in [9.17, 15) is 0 Å². The first-order valence-corrected chi connectivity index (χ1v) is 5.58. The molecule has 0 bridgehead atoms. The van der Waals surface area contributed by atoms with Gasteiger partial charge in [-0.1, -0.05) is 45.4 Å². The zero-order chi connectivity index (χ0) is 9.94. The molecule has 0 aromatic carbocycles. The molecule has 1 unspecified atom stereocenters. The van der Waals surface area contributed by atoms with Crippen molar-refractivity contribution in [2.24, 2.45) is 5.73 Å². The maximum absolute atomic E-state index is 5.52. The van der Waals surface area contributed by atoms with Gasteiger partial charge in [0.15, 0.2) is 0 Å². The van der Waals surface area contributed by atoms with Gasteiger partial charge in [0.1, 0.15) is 0 Å². The summed E-state index contributed by atoms with van der Waals surface area (Å²) in [5, 5.41) is 0. The summed E-state index contributed by atoms with van der Waals surface area (Å²) in [6.07, 6.45) is 9.46. The van der Waals surface area contributed by atoms with Gasteiger partial charge in [-0.3, -0.25) is 0 Å². The molecule has 0 aliphatic heterocycles. The third-order valence-corrected chi connectivity index (χ3v) is 2.48. The minimum atomic E-state index is 0.283. The van der Waals surface area contributed by atoms with E-state index in [0.29, 0.717) is 6.54 Å². The van der Waals surface area contributed by atoms with Crippen molar-refractivity contribution in [1.82, 2.24) is 0 Å². The van der Waals surface area contributed by atoms with Crippen molar-refractivity contribution in [3.05, 3.63) is 0 Å². The van der Waals surface area contributed by atoms with Crippen molar-refractivity contribution >= 4 is 0 Å².